The van der Waals surface area contributed by atoms with Crippen LogP contribution in [0, 0.1) is 0 Å². The van der Waals surface area contributed by atoms with Gasteiger partial charge in [-0.25, -0.2) is 0 Å². The van der Waals surface area contributed by atoms with Crippen molar-refractivity contribution in [2.75, 3.05) is 19.8 Å². The number of aliphatic hydroxyl groups excluding tert-OH is 1. The summed E-state index contributed by atoms with van der Waals surface area (Å²) in [5.41, 5.74) is 3.36. The third kappa shape index (κ3) is 3.50. The van der Waals surface area contributed by atoms with Crippen molar-refractivity contribution >= 4 is 0 Å². The maximum absolute atomic E-state index is 10.4. The predicted octanol–water partition coefficient (Wildman–Crippen LogP) is 2.62. The fraction of sp³-hybridized carbons (Fsp3) is 0.333. The molecule has 3 nitrogen and oxygen atoms in total. The fourth-order valence-corrected chi connectivity index (χ4v) is 2.83. The lowest BCUT2D eigenvalue weighted by molar-refractivity contribution is 0.0763. The molecule has 3 rings (SSSR count). The zero-order valence-corrected chi connectivity index (χ0v) is 12.0. The molecule has 2 aromatic carbocycles. The molecule has 1 heterocycles. The van der Waals surface area contributed by atoms with Crippen molar-refractivity contribution < 1.29 is 9.84 Å². The smallest absolute Gasteiger partial charge is 0.0830 e. The molecule has 3 heteroatoms. The summed E-state index contributed by atoms with van der Waals surface area (Å²) in [5.74, 6) is 0. The number of benzene rings is 2. The topological polar surface area (TPSA) is 41.5 Å². The Bertz CT molecular complexity index is 564. The van der Waals surface area contributed by atoms with Crippen LogP contribution in [0.5, 0.6) is 0 Å². The number of hydrogen-bond acceptors (Lipinski definition) is 3. The van der Waals surface area contributed by atoms with Gasteiger partial charge in [-0.15, -0.1) is 0 Å². The maximum Gasteiger partial charge on any atom is 0.0830 e. The van der Waals surface area contributed by atoms with Gasteiger partial charge in [-0.05, 0) is 16.7 Å². The average molecular weight is 283 g/mol. The van der Waals surface area contributed by atoms with E-state index in [1.54, 1.807) is 0 Å². The van der Waals surface area contributed by atoms with Crippen molar-refractivity contribution in [1.82, 2.24) is 5.32 Å². The van der Waals surface area contributed by atoms with Gasteiger partial charge in [-0.3, -0.25) is 0 Å². The Labute approximate surface area is 125 Å². The van der Waals surface area contributed by atoms with Gasteiger partial charge in [0.25, 0.3) is 0 Å². The highest BCUT2D eigenvalue weighted by atomic mass is 16.5. The zero-order valence-electron chi connectivity index (χ0n) is 12.0. The van der Waals surface area contributed by atoms with Crippen LogP contribution >= 0.6 is 0 Å². The second kappa shape index (κ2) is 6.85. The molecule has 0 spiro atoms. The summed E-state index contributed by atoms with van der Waals surface area (Å²) < 4.78 is 5.56. The molecule has 1 saturated heterocycles. The number of rotatable bonds is 4. The molecule has 2 N–H and O–H groups in total. The molecular weight excluding hydrogens is 262 g/mol. The van der Waals surface area contributed by atoms with Crippen molar-refractivity contribution in [2.45, 2.75) is 18.6 Å². The molecule has 1 fully saturated rings. The van der Waals surface area contributed by atoms with Gasteiger partial charge in [0.2, 0.25) is 0 Å². The molecule has 0 bridgehead atoms. The number of aliphatic hydroxyl groups is 1. The van der Waals surface area contributed by atoms with Crippen molar-refractivity contribution in [3.05, 3.63) is 71.3 Å². The molecule has 2 aromatic rings. The van der Waals surface area contributed by atoms with E-state index >= 15 is 0 Å². The Morgan fingerprint density at radius 2 is 1.86 bits per heavy atom. The first kappa shape index (κ1) is 14.3. The molecule has 0 radical (unpaired) electrons. The first-order chi connectivity index (χ1) is 10.3. The lowest BCUT2D eigenvalue weighted by Gasteiger charge is -2.26. The molecule has 1 aliphatic heterocycles. The minimum atomic E-state index is -0.475. The van der Waals surface area contributed by atoms with Crippen molar-refractivity contribution in [1.29, 1.82) is 0 Å². The Balaban J connectivity index is 1.79. The van der Waals surface area contributed by atoms with Crippen LogP contribution in [0.2, 0.25) is 0 Å². The minimum absolute atomic E-state index is 0.220. The molecule has 110 valence electrons. The normalized spacial score (nSPS) is 20.1. The summed E-state index contributed by atoms with van der Waals surface area (Å²) in [6, 6.07) is 18.3. The van der Waals surface area contributed by atoms with Crippen LogP contribution in [0.3, 0.4) is 0 Å². The molecule has 0 amide bonds. The van der Waals surface area contributed by atoms with E-state index < -0.39 is 6.10 Å². The molecule has 0 aliphatic carbocycles. The Kier molecular flexibility index (Phi) is 4.65. The average Bonchev–Trinajstić information content (AvgIpc) is 2.57. The standard InChI is InChI=1S/C18H21NO2/c20-18(14-6-2-1-3-7-14)12-15-8-4-5-9-16(15)17-13-21-11-10-19-17/h1-9,17-20H,10-13H2. The van der Waals surface area contributed by atoms with Crippen LogP contribution in [-0.2, 0) is 11.2 Å². The quantitative estimate of drug-likeness (QED) is 0.906. The van der Waals surface area contributed by atoms with E-state index in [0.29, 0.717) is 13.0 Å². The molecule has 2 atom stereocenters. The van der Waals surface area contributed by atoms with Gasteiger partial charge in [0.1, 0.15) is 0 Å². The van der Waals surface area contributed by atoms with Crippen molar-refractivity contribution in [3.63, 3.8) is 0 Å². The molecule has 0 saturated carbocycles. The van der Waals surface area contributed by atoms with Crippen LogP contribution in [0.25, 0.3) is 0 Å². The van der Waals surface area contributed by atoms with E-state index in [2.05, 4.69) is 17.4 Å². The van der Waals surface area contributed by atoms with E-state index in [9.17, 15) is 5.11 Å². The van der Waals surface area contributed by atoms with Gasteiger partial charge in [-0.1, -0.05) is 54.6 Å². The second-order valence-corrected chi connectivity index (χ2v) is 5.41. The SMILES string of the molecule is OC(Cc1ccccc1C1COCCN1)c1ccccc1. The lowest BCUT2D eigenvalue weighted by atomic mass is 9.94. The van der Waals surface area contributed by atoms with Crippen LogP contribution in [0.15, 0.2) is 54.6 Å². The first-order valence-corrected chi connectivity index (χ1v) is 7.46. The molecule has 2 unspecified atom stereocenters. The summed E-state index contributed by atoms with van der Waals surface area (Å²) in [4.78, 5) is 0. The third-order valence-corrected chi connectivity index (χ3v) is 3.95. The van der Waals surface area contributed by atoms with Gasteiger partial charge < -0.3 is 15.2 Å². The van der Waals surface area contributed by atoms with E-state index in [-0.39, 0.29) is 6.04 Å². The van der Waals surface area contributed by atoms with Crippen LogP contribution < -0.4 is 5.32 Å². The predicted molar refractivity (Wildman–Crippen MR) is 83.1 cm³/mol. The lowest BCUT2D eigenvalue weighted by Crippen LogP contribution is -2.35. The first-order valence-electron chi connectivity index (χ1n) is 7.46. The molecular formula is C18H21NO2. The third-order valence-electron chi connectivity index (χ3n) is 3.95. The molecule has 0 aromatic heterocycles. The maximum atomic E-state index is 10.4. The largest absolute Gasteiger partial charge is 0.388 e. The highest BCUT2D eigenvalue weighted by Crippen LogP contribution is 2.25. The van der Waals surface area contributed by atoms with Crippen molar-refractivity contribution in [2.24, 2.45) is 0 Å². The minimum Gasteiger partial charge on any atom is -0.388 e. The Morgan fingerprint density at radius 1 is 1.10 bits per heavy atom. The Hall–Kier alpha value is -1.68. The van der Waals surface area contributed by atoms with Gasteiger partial charge in [-0.2, -0.15) is 0 Å². The zero-order chi connectivity index (χ0) is 14.5. The highest BCUT2D eigenvalue weighted by Gasteiger charge is 2.19. The number of morpholine rings is 1. The van der Waals surface area contributed by atoms with Crippen molar-refractivity contribution in [3.8, 4) is 0 Å². The summed E-state index contributed by atoms with van der Waals surface area (Å²) >= 11 is 0. The van der Waals surface area contributed by atoms with E-state index in [1.165, 1.54) is 11.1 Å². The number of hydrogen-bond donors (Lipinski definition) is 2. The van der Waals surface area contributed by atoms with E-state index in [0.717, 1.165) is 18.7 Å². The number of ether oxygens (including phenoxy) is 1. The van der Waals surface area contributed by atoms with Gasteiger partial charge in [0.05, 0.1) is 25.4 Å². The monoisotopic (exact) mass is 283 g/mol. The summed E-state index contributed by atoms with van der Waals surface area (Å²) in [5, 5.41) is 13.9. The van der Waals surface area contributed by atoms with E-state index in [1.807, 2.05) is 42.5 Å². The van der Waals surface area contributed by atoms with Gasteiger partial charge in [0, 0.05) is 13.0 Å². The van der Waals surface area contributed by atoms with Gasteiger partial charge >= 0.3 is 0 Å². The van der Waals surface area contributed by atoms with Crippen LogP contribution in [0.1, 0.15) is 28.8 Å². The highest BCUT2D eigenvalue weighted by molar-refractivity contribution is 5.32. The Morgan fingerprint density at radius 3 is 2.62 bits per heavy atom. The summed E-state index contributed by atoms with van der Waals surface area (Å²) in [6.45, 7) is 2.34. The number of nitrogens with one attached hydrogen (secondary N) is 1. The van der Waals surface area contributed by atoms with Crippen LogP contribution in [0.4, 0.5) is 0 Å². The molecule has 1 aliphatic rings. The molecule has 21 heavy (non-hydrogen) atoms. The van der Waals surface area contributed by atoms with E-state index in [4.69, 9.17) is 4.74 Å². The van der Waals surface area contributed by atoms with Crippen LogP contribution in [-0.4, -0.2) is 24.9 Å². The summed E-state index contributed by atoms with van der Waals surface area (Å²) in [6.07, 6.45) is 0.148. The van der Waals surface area contributed by atoms with Gasteiger partial charge in [0.15, 0.2) is 0 Å². The summed E-state index contributed by atoms with van der Waals surface area (Å²) in [7, 11) is 0. The fourth-order valence-electron chi connectivity index (χ4n) is 2.83. The second-order valence-electron chi connectivity index (χ2n) is 5.41.